The maximum absolute atomic E-state index is 12.2. The van der Waals surface area contributed by atoms with Crippen LogP contribution in [0.3, 0.4) is 0 Å². The van der Waals surface area contributed by atoms with Gasteiger partial charge in [-0.2, -0.15) is 0 Å². The van der Waals surface area contributed by atoms with Gasteiger partial charge in [-0.15, -0.1) is 0 Å². The van der Waals surface area contributed by atoms with E-state index in [0.29, 0.717) is 31.0 Å². The molecule has 3 rings (SSSR count). The van der Waals surface area contributed by atoms with Crippen molar-refractivity contribution in [2.75, 3.05) is 26.7 Å². The van der Waals surface area contributed by atoms with Gasteiger partial charge >= 0.3 is 6.09 Å². The number of ether oxygens (including phenoxy) is 2. The Morgan fingerprint density at radius 3 is 2.92 bits per heavy atom. The fourth-order valence-corrected chi connectivity index (χ4v) is 2.78. The monoisotopic (exact) mass is 330 g/mol. The number of hydrogen-bond acceptors (Lipinski definition) is 6. The molecular formula is C17H22N4O3. The van der Waals surface area contributed by atoms with Crippen molar-refractivity contribution in [1.82, 2.24) is 14.9 Å². The van der Waals surface area contributed by atoms with Gasteiger partial charge < -0.3 is 20.1 Å². The lowest BCUT2D eigenvalue weighted by Gasteiger charge is -2.27. The van der Waals surface area contributed by atoms with Crippen molar-refractivity contribution in [3.8, 4) is 5.88 Å². The number of aromatic nitrogens is 2. The van der Waals surface area contributed by atoms with Gasteiger partial charge in [-0.25, -0.2) is 9.78 Å². The van der Waals surface area contributed by atoms with Gasteiger partial charge in [0, 0.05) is 24.4 Å². The predicted octanol–water partition coefficient (Wildman–Crippen LogP) is 2.12. The van der Waals surface area contributed by atoms with Crippen molar-refractivity contribution < 1.29 is 14.3 Å². The summed E-state index contributed by atoms with van der Waals surface area (Å²) < 4.78 is 10.8. The van der Waals surface area contributed by atoms with Gasteiger partial charge in [-0.1, -0.05) is 13.8 Å². The van der Waals surface area contributed by atoms with Crippen LogP contribution in [0.5, 0.6) is 5.88 Å². The number of cyclic esters (lactones) is 1. The molecule has 0 unspecified atom stereocenters. The Bertz CT molecular complexity index is 763. The molecule has 0 spiro atoms. The first-order valence-corrected chi connectivity index (χ1v) is 7.89. The number of methoxy groups -OCH3 is 1. The molecule has 1 fully saturated rings. The molecule has 128 valence electrons. The summed E-state index contributed by atoms with van der Waals surface area (Å²) in [5.41, 5.74) is 7.88. The summed E-state index contributed by atoms with van der Waals surface area (Å²) in [6.45, 7) is 5.58. The van der Waals surface area contributed by atoms with E-state index in [0.717, 1.165) is 11.1 Å². The summed E-state index contributed by atoms with van der Waals surface area (Å²) >= 11 is 0. The second kappa shape index (κ2) is 6.24. The minimum absolute atomic E-state index is 0.157. The van der Waals surface area contributed by atoms with Crippen molar-refractivity contribution in [1.29, 1.82) is 0 Å². The molecule has 1 amide bonds. The third-order valence-electron chi connectivity index (χ3n) is 4.20. The normalized spacial score (nSPS) is 18.1. The van der Waals surface area contributed by atoms with Gasteiger partial charge in [0.05, 0.1) is 24.7 Å². The standard InChI is InChI=1S/C17H22N4O3/c1-17(2,9-18)10-21-8-13(24-16(21)22)11-6-7-19-12-4-5-14(23-3)20-15(11)12/h4-7,13H,8-10,18H2,1-3H3/t13-/m0/s1. The first-order chi connectivity index (χ1) is 11.4. The highest BCUT2D eigenvalue weighted by Gasteiger charge is 2.36. The van der Waals surface area contributed by atoms with E-state index in [2.05, 4.69) is 9.97 Å². The van der Waals surface area contributed by atoms with Gasteiger partial charge in [0.1, 0.15) is 6.10 Å². The van der Waals surface area contributed by atoms with Crippen LogP contribution >= 0.6 is 0 Å². The molecule has 7 nitrogen and oxygen atoms in total. The van der Waals surface area contributed by atoms with Gasteiger partial charge in [-0.3, -0.25) is 4.98 Å². The van der Waals surface area contributed by atoms with Crippen molar-refractivity contribution in [2.45, 2.75) is 20.0 Å². The quantitative estimate of drug-likeness (QED) is 0.903. The van der Waals surface area contributed by atoms with Gasteiger partial charge in [0.25, 0.3) is 0 Å². The smallest absolute Gasteiger partial charge is 0.410 e. The van der Waals surface area contributed by atoms with E-state index in [-0.39, 0.29) is 17.6 Å². The number of nitrogens with zero attached hydrogens (tertiary/aromatic N) is 3. The minimum atomic E-state index is -0.379. The molecule has 3 heterocycles. The van der Waals surface area contributed by atoms with Crippen LogP contribution in [-0.2, 0) is 4.74 Å². The Labute approximate surface area is 140 Å². The zero-order valence-corrected chi connectivity index (χ0v) is 14.2. The molecule has 7 heteroatoms. The summed E-state index contributed by atoms with van der Waals surface area (Å²) in [6.07, 6.45) is 0.997. The third-order valence-corrected chi connectivity index (χ3v) is 4.20. The first kappa shape index (κ1) is 16.4. The molecule has 1 atom stereocenters. The number of nitrogens with two attached hydrogens (primary N) is 1. The lowest BCUT2D eigenvalue weighted by Crippen LogP contribution is -2.39. The second-order valence-electron chi connectivity index (χ2n) is 6.74. The zero-order valence-electron chi connectivity index (χ0n) is 14.2. The SMILES string of the molecule is COc1ccc2nccc([C@@H]3CN(CC(C)(C)CN)C(=O)O3)c2n1. The molecule has 1 aliphatic heterocycles. The number of hydrogen-bond donors (Lipinski definition) is 1. The fourth-order valence-electron chi connectivity index (χ4n) is 2.78. The molecule has 2 aromatic rings. The lowest BCUT2D eigenvalue weighted by molar-refractivity contribution is 0.128. The zero-order chi connectivity index (χ0) is 17.3. The van der Waals surface area contributed by atoms with E-state index in [1.54, 1.807) is 24.3 Å². The number of pyridine rings is 2. The molecule has 0 aliphatic carbocycles. The fraction of sp³-hybridized carbons (Fsp3) is 0.471. The van der Waals surface area contributed by atoms with Crippen LogP contribution in [-0.4, -0.2) is 47.7 Å². The Morgan fingerprint density at radius 2 is 2.21 bits per heavy atom. The van der Waals surface area contributed by atoms with Gasteiger partial charge in [-0.05, 0) is 24.1 Å². The highest BCUT2D eigenvalue weighted by atomic mass is 16.6. The minimum Gasteiger partial charge on any atom is -0.481 e. The highest BCUT2D eigenvalue weighted by molar-refractivity contribution is 5.80. The van der Waals surface area contributed by atoms with Crippen LogP contribution < -0.4 is 10.5 Å². The molecular weight excluding hydrogens is 308 g/mol. The van der Waals surface area contributed by atoms with Gasteiger partial charge in [0.15, 0.2) is 0 Å². The third kappa shape index (κ3) is 3.12. The molecule has 2 N–H and O–H groups in total. The van der Waals surface area contributed by atoms with E-state index in [1.807, 2.05) is 26.0 Å². The average molecular weight is 330 g/mol. The maximum Gasteiger partial charge on any atom is 0.410 e. The Hall–Kier alpha value is -2.41. The lowest BCUT2D eigenvalue weighted by atomic mass is 9.93. The van der Waals surface area contributed by atoms with Crippen molar-refractivity contribution in [2.24, 2.45) is 11.1 Å². The molecule has 1 aliphatic rings. The molecule has 0 aromatic carbocycles. The Kier molecular flexibility index (Phi) is 4.28. The van der Waals surface area contributed by atoms with Crippen molar-refractivity contribution in [3.05, 3.63) is 30.0 Å². The summed E-state index contributed by atoms with van der Waals surface area (Å²) in [4.78, 5) is 22.7. The van der Waals surface area contributed by atoms with E-state index < -0.39 is 0 Å². The van der Waals surface area contributed by atoms with Crippen LogP contribution in [0.25, 0.3) is 11.0 Å². The molecule has 0 saturated carbocycles. The van der Waals surface area contributed by atoms with Crippen LogP contribution in [0.15, 0.2) is 24.4 Å². The number of carbonyl (C=O) groups is 1. The predicted molar refractivity (Wildman–Crippen MR) is 89.7 cm³/mol. The Morgan fingerprint density at radius 1 is 1.42 bits per heavy atom. The maximum atomic E-state index is 12.2. The molecule has 0 radical (unpaired) electrons. The van der Waals surface area contributed by atoms with Crippen LogP contribution in [0.1, 0.15) is 25.5 Å². The average Bonchev–Trinajstić information content (AvgIpc) is 2.93. The first-order valence-electron chi connectivity index (χ1n) is 7.89. The molecule has 24 heavy (non-hydrogen) atoms. The Balaban J connectivity index is 1.90. The summed E-state index contributed by atoms with van der Waals surface area (Å²) in [7, 11) is 1.57. The second-order valence-corrected chi connectivity index (χ2v) is 6.74. The summed E-state index contributed by atoms with van der Waals surface area (Å²) in [5.74, 6) is 0.502. The topological polar surface area (TPSA) is 90.6 Å². The van der Waals surface area contributed by atoms with E-state index >= 15 is 0 Å². The van der Waals surface area contributed by atoms with E-state index in [4.69, 9.17) is 15.2 Å². The largest absolute Gasteiger partial charge is 0.481 e. The molecule has 1 saturated heterocycles. The van der Waals surface area contributed by atoms with Crippen LogP contribution in [0.2, 0.25) is 0 Å². The highest BCUT2D eigenvalue weighted by Crippen LogP contribution is 2.32. The van der Waals surface area contributed by atoms with Gasteiger partial charge in [0.2, 0.25) is 5.88 Å². The summed E-state index contributed by atoms with van der Waals surface area (Å²) in [6, 6.07) is 5.44. The number of carbonyl (C=O) groups excluding carboxylic acids is 1. The summed E-state index contributed by atoms with van der Waals surface area (Å²) in [5, 5.41) is 0. The van der Waals surface area contributed by atoms with Crippen LogP contribution in [0.4, 0.5) is 4.79 Å². The molecule has 0 bridgehead atoms. The number of rotatable bonds is 5. The van der Waals surface area contributed by atoms with Crippen molar-refractivity contribution >= 4 is 17.1 Å². The van der Waals surface area contributed by atoms with E-state index in [9.17, 15) is 4.79 Å². The van der Waals surface area contributed by atoms with Crippen LogP contribution in [0, 0.1) is 5.41 Å². The number of fused-ring (bicyclic) bond motifs is 1. The number of amides is 1. The molecule has 2 aromatic heterocycles. The van der Waals surface area contributed by atoms with Crippen molar-refractivity contribution in [3.63, 3.8) is 0 Å². The van der Waals surface area contributed by atoms with E-state index in [1.165, 1.54) is 0 Å².